The van der Waals surface area contributed by atoms with Gasteiger partial charge in [0.15, 0.2) is 11.4 Å². The number of nitrogens with zero attached hydrogens (tertiary/aromatic N) is 6. The van der Waals surface area contributed by atoms with Crippen molar-refractivity contribution in [2.75, 3.05) is 74.2 Å². The molecule has 1 amide bonds. The quantitative estimate of drug-likeness (QED) is 0.0722. The number of aromatic amines is 1. The summed E-state index contributed by atoms with van der Waals surface area (Å²) in [6, 6.07) is 17.6. The minimum Gasteiger partial charge on any atom is -0.491 e. The van der Waals surface area contributed by atoms with E-state index in [1.54, 1.807) is 23.2 Å². The summed E-state index contributed by atoms with van der Waals surface area (Å²) >= 11 is 0. The van der Waals surface area contributed by atoms with Gasteiger partial charge in [-0.3, -0.25) is 19.8 Å². The number of rotatable bonds is 12. The van der Waals surface area contributed by atoms with Gasteiger partial charge in [-0.25, -0.2) is 8.42 Å². The fourth-order valence-electron chi connectivity index (χ4n) is 13.0. The van der Waals surface area contributed by atoms with Gasteiger partial charge in [-0.05, 0) is 114 Å². The maximum atomic E-state index is 16.1. The number of hydrogen-bond donors (Lipinski definition) is 4. The van der Waals surface area contributed by atoms with Crippen LogP contribution >= 0.6 is 0 Å². The second kappa shape index (κ2) is 18.6. The molecule has 8 heterocycles. The summed E-state index contributed by atoms with van der Waals surface area (Å²) in [6.45, 7) is 10.3. The smallest absolute Gasteiger partial charge is 0.297 e. The normalized spacial score (nSPS) is 24.7. The molecular weight excluding hydrogens is 967 g/mol. The van der Waals surface area contributed by atoms with E-state index in [9.17, 15) is 20.0 Å². The number of piperidine rings is 2. The van der Waals surface area contributed by atoms with E-state index in [0.717, 1.165) is 62.3 Å². The molecule has 6 aliphatic heterocycles. The predicted octanol–water partition coefficient (Wildman–Crippen LogP) is 7.09. The summed E-state index contributed by atoms with van der Waals surface area (Å²) in [5, 5.41) is 27.6. The number of benzene rings is 3. The first-order valence-corrected chi connectivity index (χ1v) is 27.7. The number of amides is 1. The zero-order valence-corrected chi connectivity index (χ0v) is 42.9. The molecule has 5 N–H and O–H groups in total. The number of fused-ring (bicyclic) bond motifs is 4. The Morgan fingerprint density at radius 2 is 1.78 bits per heavy atom. The maximum absolute atomic E-state index is 16.1. The van der Waals surface area contributed by atoms with Crippen LogP contribution in [0.2, 0.25) is 0 Å². The second-order valence-corrected chi connectivity index (χ2v) is 24.1. The number of anilines is 4. The first-order chi connectivity index (χ1) is 35.5. The highest BCUT2D eigenvalue weighted by atomic mass is 32.2. The van der Waals surface area contributed by atoms with Crippen LogP contribution in [-0.4, -0.2) is 139 Å². The molecule has 0 radical (unpaired) electrons. The van der Waals surface area contributed by atoms with Crippen molar-refractivity contribution < 1.29 is 42.2 Å². The van der Waals surface area contributed by atoms with Crippen molar-refractivity contribution in [1.29, 1.82) is 0 Å². The number of hydrogen-bond acceptors (Lipinski definition) is 16. The third-order valence-electron chi connectivity index (χ3n) is 16.9. The molecule has 19 nitrogen and oxygen atoms in total. The number of ether oxygens (including phenoxy) is 4. The van der Waals surface area contributed by atoms with E-state index >= 15 is 8.42 Å². The molecule has 392 valence electrons. The number of nitrogens with one attached hydrogen (secondary N) is 2. The van der Waals surface area contributed by atoms with Gasteiger partial charge in [0.2, 0.25) is 15.7 Å². The van der Waals surface area contributed by atoms with Crippen molar-refractivity contribution in [2.45, 2.75) is 124 Å². The number of aliphatic hydroxyl groups is 1. The van der Waals surface area contributed by atoms with Crippen molar-refractivity contribution in [3.05, 3.63) is 88.1 Å². The van der Waals surface area contributed by atoms with Gasteiger partial charge in [-0.15, -0.1) is 0 Å². The Morgan fingerprint density at radius 3 is 2.54 bits per heavy atom. The van der Waals surface area contributed by atoms with E-state index in [-0.39, 0.29) is 81.8 Å². The molecule has 2 aromatic heterocycles. The molecule has 4 atom stereocenters. The molecule has 1 aliphatic carbocycles. The van der Waals surface area contributed by atoms with E-state index in [0.29, 0.717) is 68.6 Å². The molecule has 1 spiro atoms. The van der Waals surface area contributed by atoms with Crippen LogP contribution in [0.5, 0.6) is 17.4 Å². The third kappa shape index (κ3) is 8.65. The van der Waals surface area contributed by atoms with Gasteiger partial charge in [0.1, 0.15) is 34.7 Å². The number of nitrogens with two attached hydrogens (primary N) is 1. The zero-order valence-electron chi connectivity index (χ0n) is 42.1. The Kier molecular flexibility index (Phi) is 12.2. The monoisotopic (exact) mass is 1030 g/mol. The van der Waals surface area contributed by atoms with E-state index < -0.39 is 44.1 Å². The van der Waals surface area contributed by atoms with Gasteiger partial charge in [-0.2, -0.15) is 4.98 Å². The van der Waals surface area contributed by atoms with Crippen LogP contribution in [0.25, 0.3) is 11.0 Å². The number of nitro benzene ring substituents is 1. The van der Waals surface area contributed by atoms with E-state index in [4.69, 9.17) is 29.7 Å². The molecule has 20 heteroatoms. The van der Waals surface area contributed by atoms with Gasteiger partial charge >= 0.3 is 0 Å². The topological polar surface area (TPSA) is 231 Å². The van der Waals surface area contributed by atoms with Crippen LogP contribution < -0.4 is 35.1 Å². The van der Waals surface area contributed by atoms with Crippen LogP contribution in [0.1, 0.15) is 94.1 Å². The summed E-state index contributed by atoms with van der Waals surface area (Å²) in [5.41, 5.74) is 7.79. The van der Waals surface area contributed by atoms with Crippen molar-refractivity contribution >= 4 is 55.2 Å². The molecule has 1 saturated carbocycles. The third-order valence-corrected chi connectivity index (χ3v) is 18.7. The minimum atomic E-state index is -4.80. The van der Waals surface area contributed by atoms with E-state index in [1.165, 1.54) is 11.6 Å². The molecule has 12 rings (SSSR count). The Morgan fingerprint density at radius 1 is 1.00 bits per heavy atom. The molecule has 5 fully saturated rings. The number of H-pyrrole nitrogens is 1. The number of carbonyl (C=O) groups excluding carboxylic acids is 1. The Labute approximate surface area is 430 Å². The lowest BCUT2D eigenvalue weighted by atomic mass is 9.60. The fraction of sp³-hybridized carbons (Fsp3) is 0.519. The SMILES string of the molecule is CC(C)Oc1ccccc1[C@@H]1CCCN1C1CC2(CCN(c3ccc(C(N)=O)c(N4c5cc6cc[nH]c6nc5O[C@@H]5COC[C@H]54)c3S(=O)(=O)c3cc4c(c([N+](=O)[O-])c3)N[C@@H](CN3CCC(C)(O)CC3)CO4)CC2)C1. The number of primary amides is 1. The maximum Gasteiger partial charge on any atom is 0.297 e. The van der Waals surface area contributed by atoms with Crippen molar-refractivity contribution in [3.8, 4) is 17.4 Å². The molecule has 0 unspecified atom stereocenters. The Hall–Kier alpha value is -6.19. The Balaban J connectivity index is 0.915. The van der Waals surface area contributed by atoms with Crippen LogP contribution in [-0.2, 0) is 14.6 Å². The van der Waals surface area contributed by atoms with Crippen LogP contribution in [0.3, 0.4) is 0 Å². The molecule has 0 bridgehead atoms. The summed E-state index contributed by atoms with van der Waals surface area (Å²) in [4.78, 5) is 42.5. The van der Waals surface area contributed by atoms with Crippen LogP contribution in [0.15, 0.2) is 76.7 Å². The first-order valence-electron chi connectivity index (χ1n) is 26.2. The molecule has 4 saturated heterocycles. The van der Waals surface area contributed by atoms with Gasteiger partial charge in [0.05, 0.1) is 63.8 Å². The summed E-state index contributed by atoms with van der Waals surface area (Å²) in [5.74, 6) is 0.342. The first kappa shape index (κ1) is 48.7. The van der Waals surface area contributed by atoms with Crippen molar-refractivity contribution in [1.82, 2.24) is 19.8 Å². The lowest BCUT2D eigenvalue weighted by molar-refractivity contribution is -0.384. The van der Waals surface area contributed by atoms with Crippen molar-refractivity contribution in [3.63, 3.8) is 0 Å². The number of aromatic nitrogens is 2. The number of para-hydroxylation sites is 1. The highest BCUT2D eigenvalue weighted by Crippen LogP contribution is 2.56. The fourth-order valence-corrected chi connectivity index (χ4v) is 14.7. The highest BCUT2D eigenvalue weighted by molar-refractivity contribution is 7.91. The largest absolute Gasteiger partial charge is 0.491 e. The molecule has 3 aromatic carbocycles. The summed E-state index contributed by atoms with van der Waals surface area (Å²) in [6.07, 6.45) is 8.31. The van der Waals surface area contributed by atoms with Crippen LogP contribution in [0.4, 0.5) is 28.4 Å². The molecule has 7 aliphatic rings. The zero-order chi connectivity index (χ0) is 51.3. The lowest BCUT2D eigenvalue weighted by Crippen LogP contribution is -2.55. The average molecular weight is 1030 g/mol. The standard InChI is InChI=1S/C54H65N9O10S/c1-32(2)72-44-9-5-4-7-37(44)39-8-6-18-61(39)35-26-54(27-35)15-21-60(22-16-54)40-11-10-38(50(55)64)48(62-42-23-33-12-17-56-51(33)58-52(42)73-46-31-70-30-43(46)62)49(40)74(68,69)36-24-41(63(66)67)47-45(25-36)71-29-34(57-47)28-59-19-13-53(3,65)14-20-59/h4-5,7,9-12,17,23-25,32,34-35,39,43,46,57,65H,6,8,13-16,18-22,26-31H2,1-3H3,(H2,55,64)(H,56,58)/t34-,39-,43+,46+/m0/s1. The van der Waals surface area contributed by atoms with E-state index in [2.05, 4.69) is 57.0 Å². The summed E-state index contributed by atoms with van der Waals surface area (Å²) < 4.78 is 57.3. The second-order valence-electron chi connectivity index (χ2n) is 22.2. The average Bonchev–Trinajstić information content (AvgIpc) is 4.17. The van der Waals surface area contributed by atoms with E-state index in [1.807, 2.05) is 25.1 Å². The number of nitro groups is 1. The van der Waals surface area contributed by atoms with Gasteiger partial charge in [0.25, 0.3) is 11.6 Å². The molecule has 74 heavy (non-hydrogen) atoms. The molecule has 5 aromatic rings. The predicted molar refractivity (Wildman–Crippen MR) is 278 cm³/mol. The number of pyridine rings is 1. The van der Waals surface area contributed by atoms with Gasteiger partial charge < -0.3 is 54.8 Å². The van der Waals surface area contributed by atoms with Crippen LogP contribution in [0, 0.1) is 15.5 Å². The van der Waals surface area contributed by atoms with Crippen molar-refractivity contribution in [2.24, 2.45) is 11.1 Å². The molecular formula is C54H65N9O10S. The lowest BCUT2D eigenvalue weighted by Gasteiger charge is -2.56. The van der Waals surface area contributed by atoms with Gasteiger partial charge in [0, 0.05) is 74.1 Å². The number of likely N-dealkylation sites (tertiary alicyclic amines) is 2. The Bertz CT molecular complexity index is 3120. The highest BCUT2D eigenvalue weighted by Gasteiger charge is 2.52. The summed E-state index contributed by atoms with van der Waals surface area (Å²) in [7, 11) is -4.80. The number of carbonyl (C=O) groups is 1. The van der Waals surface area contributed by atoms with Gasteiger partial charge in [-0.1, -0.05) is 18.2 Å². The minimum absolute atomic E-state index is 0.0282. The number of sulfone groups is 1.